The van der Waals surface area contributed by atoms with Crippen molar-refractivity contribution in [3.63, 3.8) is 0 Å². The fourth-order valence-electron chi connectivity index (χ4n) is 6.15. The topological polar surface area (TPSA) is 143 Å². The number of amides is 1. The maximum atomic E-state index is 12.7. The lowest BCUT2D eigenvalue weighted by Crippen LogP contribution is -2.38. The normalized spacial score (nSPS) is 12.7. The van der Waals surface area contributed by atoms with Gasteiger partial charge in [-0.1, -0.05) is 123 Å². The smallest absolute Gasteiger partial charge is 0.393 e. The van der Waals surface area contributed by atoms with Crippen LogP contribution in [0.3, 0.4) is 0 Å². The molecule has 5 rings (SSSR count). The first-order valence-electron chi connectivity index (χ1n) is 18.8. The average Bonchev–Trinajstić information content (AvgIpc) is 3.69. The molecule has 5 aromatic rings. The Labute approximate surface area is 336 Å². The van der Waals surface area contributed by atoms with Crippen LogP contribution in [0.1, 0.15) is 62.2 Å². The third kappa shape index (κ3) is 14.3. The summed E-state index contributed by atoms with van der Waals surface area (Å²) in [6, 6.07) is 36.7. The molecule has 0 saturated carbocycles. The number of nitrogens with one attached hydrogen (secondary N) is 1. The molecule has 1 heterocycles. The lowest BCUT2D eigenvalue weighted by molar-refractivity contribution is -0.148. The Morgan fingerprint density at radius 1 is 0.679 bits per heavy atom. The van der Waals surface area contributed by atoms with Crippen molar-refractivity contribution in [3.8, 4) is 28.3 Å². The Morgan fingerprint density at radius 3 is 1.57 bits per heavy atom. The van der Waals surface area contributed by atoms with E-state index in [1.54, 1.807) is 13.8 Å². The van der Waals surface area contributed by atoms with Crippen molar-refractivity contribution in [2.45, 2.75) is 65.5 Å². The van der Waals surface area contributed by atoms with E-state index in [1.165, 1.54) is 30.0 Å². The molecule has 0 saturated heterocycles. The molecule has 0 aliphatic heterocycles. The SMILES string of the molecule is CCOC(=O)[C@H](C)C[C@@H](Cc1ccc(-c2ccccc2)cc1)NC(=O)c1cnc(OC)o1.CCOC(=O)[C@H](C)C[C@H](N)Cc1ccc(-c2ccccc2)cc1.Cl. The average molecular weight is 784 g/mol. The lowest BCUT2D eigenvalue weighted by atomic mass is 9.95. The zero-order valence-corrected chi connectivity index (χ0v) is 33.6. The summed E-state index contributed by atoms with van der Waals surface area (Å²) >= 11 is 0. The van der Waals surface area contributed by atoms with Gasteiger partial charge < -0.3 is 29.7 Å². The van der Waals surface area contributed by atoms with Crippen LogP contribution < -0.4 is 15.8 Å². The number of hydrogen-bond acceptors (Lipinski definition) is 9. The monoisotopic (exact) mass is 783 g/mol. The van der Waals surface area contributed by atoms with E-state index in [0.717, 1.165) is 23.1 Å². The zero-order valence-electron chi connectivity index (χ0n) is 32.8. The largest absolute Gasteiger partial charge is 0.466 e. The molecule has 0 fully saturated rings. The van der Waals surface area contributed by atoms with Crippen LogP contribution in [-0.4, -0.2) is 55.2 Å². The molecule has 56 heavy (non-hydrogen) atoms. The molecule has 1 amide bonds. The van der Waals surface area contributed by atoms with E-state index in [4.69, 9.17) is 24.4 Å². The van der Waals surface area contributed by atoms with E-state index in [-0.39, 0.29) is 60.1 Å². The third-order valence-electron chi connectivity index (χ3n) is 8.99. The minimum Gasteiger partial charge on any atom is -0.466 e. The van der Waals surface area contributed by atoms with Gasteiger partial charge in [0.2, 0.25) is 5.76 Å². The van der Waals surface area contributed by atoms with Gasteiger partial charge in [-0.3, -0.25) is 14.4 Å². The molecule has 3 N–H and O–H groups in total. The van der Waals surface area contributed by atoms with Gasteiger partial charge >= 0.3 is 18.0 Å². The fourth-order valence-corrected chi connectivity index (χ4v) is 6.15. The molecule has 0 spiro atoms. The van der Waals surface area contributed by atoms with Crippen LogP contribution in [0.25, 0.3) is 22.3 Å². The highest BCUT2D eigenvalue weighted by molar-refractivity contribution is 5.91. The first-order valence-corrected chi connectivity index (χ1v) is 18.8. The molecule has 0 bridgehead atoms. The summed E-state index contributed by atoms with van der Waals surface area (Å²) in [6.07, 6.45) is 3.71. The number of benzene rings is 4. The van der Waals surface area contributed by atoms with Crippen molar-refractivity contribution in [1.29, 1.82) is 0 Å². The molecule has 0 unspecified atom stereocenters. The van der Waals surface area contributed by atoms with E-state index in [1.807, 2.05) is 62.4 Å². The Balaban J connectivity index is 0.000000311. The summed E-state index contributed by atoms with van der Waals surface area (Å²) in [4.78, 5) is 40.4. The van der Waals surface area contributed by atoms with Crippen LogP contribution in [0.2, 0.25) is 0 Å². The Morgan fingerprint density at radius 2 is 1.12 bits per heavy atom. The number of esters is 2. The number of ether oxygens (including phenoxy) is 3. The number of oxazole rings is 1. The molecule has 298 valence electrons. The second kappa shape index (κ2) is 23.5. The molecule has 0 radical (unpaired) electrons. The van der Waals surface area contributed by atoms with Crippen molar-refractivity contribution in [2.75, 3.05) is 20.3 Å². The standard InChI is InChI=1S/C25H28N2O5.C20H25NO2.ClH/c1-4-31-24(29)17(2)14-21(27-23(28)22-16-26-25(30-3)32-22)15-18-10-12-20(13-11-18)19-8-6-5-7-9-19;1-3-23-20(22)15(2)13-19(21)14-16-9-11-18(12-10-16)17-7-5-4-6-8-17;/h5-13,16-17,21H,4,14-15H2,1-3H3,(H,27,28);4-12,15,19H,3,13-14,21H2,1-2H3;1H/t17-,21+;15-,19+;/m11./s1. The fraction of sp³-hybridized carbons (Fsp3) is 0.333. The van der Waals surface area contributed by atoms with E-state index >= 15 is 0 Å². The van der Waals surface area contributed by atoms with Crippen LogP contribution in [0.5, 0.6) is 6.08 Å². The van der Waals surface area contributed by atoms with Gasteiger partial charge in [-0.15, -0.1) is 12.4 Å². The van der Waals surface area contributed by atoms with Crippen molar-refractivity contribution >= 4 is 30.3 Å². The number of hydrogen-bond donors (Lipinski definition) is 2. The van der Waals surface area contributed by atoms with Gasteiger partial charge in [0.05, 0.1) is 38.4 Å². The van der Waals surface area contributed by atoms with Crippen LogP contribution in [0.15, 0.2) is 120 Å². The van der Waals surface area contributed by atoms with E-state index in [2.05, 4.69) is 71.0 Å². The molecular formula is C45H54ClN3O7. The maximum absolute atomic E-state index is 12.7. The molecule has 1 aromatic heterocycles. The first-order chi connectivity index (χ1) is 26.6. The van der Waals surface area contributed by atoms with Crippen molar-refractivity contribution in [2.24, 2.45) is 17.6 Å². The summed E-state index contributed by atoms with van der Waals surface area (Å²) in [5.74, 6) is -1.34. The molecule has 11 heteroatoms. The number of nitrogens with two attached hydrogens (primary N) is 1. The number of methoxy groups -OCH3 is 1. The predicted molar refractivity (Wildman–Crippen MR) is 222 cm³/mol. The zero-order chi connectivity index (χ0) is 39.6. The van der Waals surface area contributed by atoms with Gasteiger partial charge in [-0.2, -0.15) is 4.98 Å². The number of carbonyl (C=O) groups excluding carboxylic acids is 3. The van der Waals surface area contributed by atoms with Gasteiger partial charge in [-0.25, -0.2) is 0 Å². The van der Waals surface area contributed by atoms with E-state index < -0.39 is 5.91 Å². The summed E-state index contributed by atoms with van der Waals surface area (Å²) in [5, 5.41) is 2.96. The molecule has 0 aliphatic carbocycles. The van der Waals surface area contributed by atoms with E-state index in [0.29, 0.717) is 32.5 Å². The number of aromatic nitrogens is 1. The highest BCUT2D eigenvalue weighted by atomic mass is 35.5. The van der Waals surface area contributed by atoms with Gasteiger partial charge in [-0.05, 0) is 72.9 Å². The lowest BCUT2D eigenvalue weighted by Gasteiger charge is -2.21. The minimum atomic E-state index is -0.414. The predicted octanol–water partition coefficient (Wildman–Crippen LogP) is 8.52. The van der Waals surface area contributed by atoms with Gasteiger partial charge in [0.25, 0.3) is 5.91 Å². The Hall–Kier alpha value is -5.45. The Bertz CT molecular complexity index is 1900. The van der Waals surface area contributed by atoms with Crippen molar-refractivity contribution < 1.29 is 33.0 Å². The molecular weight excluding hydrogens is 730 g/mol. The molecule has 4 aromatic carbocycles. The second-order valence-corrected chi connectivity index (χ2v) is 13.4. The summed E-state index contributed by atoms with van der Waals surface area (Å²) in [5.41, 5.74) is 13.1. The van der Waals surface area contributed by atoms with Crippen LogP contribution >= 0.6 is 12.4 Å². The third-order valence-corrected chi connectivity index (χ3v) is 8.99. The molecule has 0 aliphatic rings. The maximum Gasteiger partial charge on any atom is 0.393 e. The summed E-state index contributed by atoms with van der Waals surface area (Å²) in [6.45, 7) is 8.00. The van der Waals surface area contributed by atoms with Gasteiger partial charge in [0, 0.05) is 12.1 Å². The molecule has 10 nitrogen and oxygen atoms in total. The summed E-state index contributed by atoms with van der Waals surface area (Å²) in [7, 11) is 1.41. The van der Waals surface area contributed by atoms with Crippen molar-refractivity contribution in [1.82, 2.24) is 10.3 Å². The van der Waals surface area contributed by atoms with Gasteiger partial charge in [0.1, 0.15) is 0 Å². The Kier molecular flexibility index (Phi) is 18.8. The van der Waals surface area contributed by atoms with Crippen molar-refractivity contribution in [3.05, 3.63) is 132 Å². The number of nitrogens with zero attached hydrogens (tertiary/aromatic N) is 1. The van der Waals surface area contributed by atoms with E-state index in [9.17, 15) is 14.4 Å². The van der Waals surface area contributed by atoms with Crippen LogP contribution in [-0.2, 0) is 31.9 Å². The van der Waals surface area contributed by atoms with Crippen LogP contribution in [0, 0.1) is 11.8 Å². The number of carbonyl (C=O) groups is 3. The number of halogens is 1. The van der Waals surface area contributed by atoms with Gasteiger partial charge in [0.15, 0.2) is 0 Å². The number of rotatable bonds is 17. The minimum absolute atomic E-state index is 0. The highest BCUT2D eigenvalue weighted by Crippen LogP contribution is 2.23. The molecule has 4 atom stereocenters. The first kappa shape index (κ1) is 44.9. The second-order valence-electron chi connectivity index (χ2n) is 13.4. The quantitative estimate of drug-likeness (QED) is 0.0888. The highest BCUT2D eigenvalue weighted by Gasteiger charge is 2.24. The van der Waals surface area contributed by atoms with Crippen LogP contribution in [0.4, 0.5) is 0 Å². The summed E-state index contributed by atoms with van der Waals surface area (Å²) < 4.78 is 20.3.